The zero-order chi connectivity index (χ0) is 31.7. The molecule has 0 saturated heterocycles. The second-order valence-corrected chi connectivity index (χ2v) is 11.0. The Labute approximate surface area is 265 Å². The fraction of sp³-hybridized carbons (Fsp3) is 0.788. The first-order valence-electron chi connectivity index (χ1n) is 16.0. The van der Waals surface area contributed by atoms with Crippen molar-refractivity contribution in [2.45, 2.75) is 40.0 Å². The van der Waals surface area contributed by atoms with Gasteiger partial charge in [0.25, 0.3) is 0 Å². The van der Waals surface area contributed by atoms with Gasteiger partial charge in [-0.2, -0.15) is 0 Å². The Morgan fingerprint density at radius 2 is 0.795 bits per heavy atom. The summed E-state index contributed by atoms with van der Waals surface area (Å²) in [5.41, 5.74) is 1.33. The van der Waals surface area contributed by atoms with Crippen molar-refractivity contribution >= 4 is 6.21 Å². The van der Waals surface area contributed by atoms with Crippen LogP contribution in [-0.4, -0.2) is 132 Å². The van der Waals surface area contributed by atoms with Crippen molar-refractivity contribution in [3.8, 4) is 0 Å². The van der Waals surface area contributed by atoms with Crippen LogP contribution in [0.1, 0.15) is 45.6 Å². The highest BCUT2D eigenvalue weighted by atomic mass is 16.6. The Balaban J connectivity index is 1.63. The second-order valence-electron chi connectivity index (χ2n) is 11.0. The van der Waals surface area contributed by atoms with Gasteiger partial charge in [-0.15, -0.1) is 0 Å². The topological polar surface area (TPSA) is 105 Å². The monoisotopic (exact) mass is 629 g/mol. The third-order valence-electron chi connectivity index (χ3n) is 5.82. The van der Waals surface area contributed by atoms with E-state index in [0.29, 0.717) is 124 Å². The maximum absolute atomic E-state index is 5.56. The van der Waals surface area contributed by atoms with Gasteiger partial charge < -0.3 is 47.5 Å². The summed E-state index contributed by atoms with van der Waals surface area (Å²) in [5, 5.41) is 3.96. The molecule has 0 radical (unpaired) electrons. The number of hydrogen-bond acceptors (Lipinski definition) is 11. The van der Waals surface area contributed by atoms with Crippen LogP contribution in [0.25, 0.3) is 0 Å². The smallest absolute Gasteiger partial charge is 0.117 e. The van der Waals surface area contributed by atoms with Crippen LogP contribution in [0.15, 0.2) is 35.5 Å². The lowest BCUT2D eigenvalue weighted by atomic mass is 9.93. The van der Waals surface area contributed by atoms with Gasteiger partial charge in [-0.25, -0.2) is 0 Å². The predicted molar refractivity (Wildman–Crippen MR) is 171 cm³/mol. The molecule has 0 aliphatic carbocycles. The molecule has 0 aromatic heterocycles. The Hall–Kier alpha value is -1.67. The number of rotatable bonds is 33. The lowest BCUT2D eigenvalue weighted by Gasteiger charge is -2.17. The molecule has 11 nitrogen and oxygen atoms in total. The quantitative estimate of drug-likeness (QED) is 0.0631. The first-order chi connectivity index (χ1) is 21.6. The first kappa shape index (κ1) is 40.4. The summed E-state index contributed by atoms with van der Waals surface area (Å²) in [6.07, 6.45) is 4.58. The largest absolute Gasteiger partial charge is 0.396 e. The summed E-state index contributed by atoms with van der Waals surface area (Å²) in [6.45, 7) is 17.4. The van der Waals surface area contributed by atoms with Crippen LogP contribution in [0.4, 0.5) is 0 Å². The zero-order valence-corrected chi connectivity index (χ0v) is 27.6. The van der Waals surface area contributed by atoms with Gasteiger partial charge in [-0.1, -0.05) is 56.3 Å². The van der Waals surface area contributed by atoms with Gasteiger partial charge in [0.1, 0.15) is 6.61 Å². The third kappa shape index (κ3) is 31.7. The Bertz CT molecular complexity index is 733. The molecule has 44 heavy (non-hydrogen) atoms. The summed E-state index contributed by atoms with van der Waals surface area (Å²) in [5.74, 6) is 0. The third-order valence-corrected chi connectivity index (χ3v) is 5.82. The van der Waals surface area contributed by atoms with Crippen LogP contribution in [-0.2, 0) is 47.5 Å². The predicted octanol–water partition coefficient (Wildman–Crippen LogP) is 4.40. The molecule has 0 aliphatic heterocycles. The minimum absolute atomic E-state index is 0.306. The minimum atomic E-state index is 0.306. The van der Waals surface area contributed by atoms with E-state index in [1.807, 2.05) is 30.3 Å². The Kier molecular flexibility index (Phi) is 28.7. The van der Waals surface area contributed by atoms with Gasteiger partial charge in [-0.05, 0) is 30.2 Å². The van der Waals surface area contributed by atoms with Crippen molar-refractivity contribution in [2.75, 3.05) is 126 Å². The van der Waals surface area contributed by atoms with Gasteiger partial charge in [-0.3, -0.25) is 0 Å². The first-order valence-corrected chi connectivity index (χ1v) is 16.0. The molecule has 0 heterocycles. The van der Waals surface area contributed by atoms with Gasteiger partial charge in [0.2, 0.25) is 0 Å². The molecular formula is C33H59NO10. The highest BCUT2D eigenvalue weighted by molar-refractivity contribution is 5.78. The van der Waals surface area contributed by atoms with E-state index in [-0.39, 0.29) is 0 Å². The fourth-order valence-corrected chi connectivity index (χ4v) is 3.30. The van der Waals surface area contributed by atoms with E-state index in [9.17, 15) is 0 Å². The molecule has 0 amide bonds. The number of nitrogens with zero attached hydrogens (tertiary/aromatic N) is 1. The molecule has 0 aliphatic rings. The van der Waals surface area contributed by atoms with Crippen LogP contribution >= 0.6 is 0 Å². The van der Waals surface area contributed by atoms with Gasteiger partial charge in [0.15, 0.2) is 0 Å². The van der Waals surface area contributed by atoms with E-state index in [2.05, 4.69) is 25.9 Å². The van der Waals surface area contributed by atoms with Crippen molar-refractivity contribution < 1.29 is 47.5 Å². The Morgan fingerprint density at radius 1 is 0.455 bits per heavy atom. The normalized spacial score (nSPS) is 12.0. The van der Waals surface area contributed by atoms with Crippen LogP contribution in [0.3, 0.4) is 0 Å². The summed E-state index contributed by atoms with van der Waals surface area (Å²) in [7, 11) is 0. The molecule has 0 bridgehead atoms. The Morgan fingerprint density at radius 3 is 1.18 bits per heavy atom. The van der Waals surface area contributed by atoms with Crippen molar-refractivity contribution in [2.24, 2.45) is 10.6 Å². The standard InChI is InChI=1S/C33H59NO10/c1-33(2,3)11-14-36-16-18-38-20-22-40-24-26-42-28-30-43-29-27-41-25-23-39-21-19-37-17-15-35-12-7-8-13-44-34-31-32-9-5-4-6-10-32/h4-6,9-10,31H,7-8,11-30H2,1-3H3/b34-31+. The molecule has 0 unspecified atom stereocenters. The van der Waals surface area contributed by atoms with Crippen LogP contribution in [0.2, 0.25) is 0 Å². The number of oxime groups is 1. The summed E-state index contributed by atoms with van der Waals surface area (Å²) in [6, 6.07) is 9.87. The van der Waals surface area contributed by atoms with Crippen molar-refractivity contribution in [3.63, 3.8) is 0 Å². The molecule has 0 spiro atoms. The van der Waals surface area contributed by atoms with Crippen molar-refractivity contribution in [1.82, 2.24) is 0 Å². The van der Waals surface area contributed by atoms with Crippen molar-refractivity contribution in [1.29, 1.82) is 0 Å². The fourth-order valence-electron chi connectivity index (χ4n) is 3.30. The molecule has 0 saturated carbocycles. The highest BCUT2D eigenvalue weighted by Gasteiger charge is 2.08. The maximum Gasteiger partial charge on any atom is 0.117 e. The van der Waals surface area contributed by atoms with Crippen molar-refractivity contribution in [3.05, 3.63) is 35.9 Å². The van der Waals surface area contributed by atoms with Crippen LogP contribution in [0.5, 0.6) is 0 Å². The van der Waals surface area contributed by atoms with Crippen LogP contribution < -0.4 is 0 Å². The van der Waals surface area contributed by atoms with E-state index < -0.39 is 0 Å². The molecule has 256 valence electrons. The van der Waals surface area contributed by atoms with E-state index in [4.69, 9.17) is 47.5 Å². The molecule has 0 N–H and O–H groups in total. The van der Waals surface area contributed by atoms with Gasteiger partial charge >= 0.3 is 0 Å². The lowest BCUT2D eigenvalue weighted by Crippen LogP contribution is -2.15. The average molecular weight is 630 g/mol. The summed E-state index contributed by atoms with van der Waals surface area (Å²) in [4.78, 5) is 5.25. The van der Waals surface area contributed by atoms with Crippen LogP contribution in [0, 0.1) is 5.41 Å². The SMILES string of the molecule is CC(C)(C)CCOCCOCCOCCOCCOCCOCCOCCOCCOCCCCO/N=C/c1ccccc1. The molecule has 1 rings (SSSR count). The molecule has 0 fully saturated rings. The maximum atomic E-state index is 5.56. The molecule has 11 heteroatoms. The minimum Gasteiger partial charge on any atom is -0.396 e. The van der Waals surface area contributed by atoms with E-state index in [1.54, 1.807) is 6.21 Å². The van der Waals surface area contributed by atoms with Gasteiger partial charge in [0.05, 0.1) is 112 Å². The van der Waals surface area contributed by atoms with E-state index >= 15 is 0 Å². The molecular weight excluding hydrogens is 570 g/mol. The number of unbranched alkanes of at least 4 members (excludes halogenated alkanes) is 1. The average Bonchev–Trinajstić information content (AvgIpc) is 3.01. The van der Waals surface area contributed by atoms with Gasteiger partial charge in [0, 0.05) is 13.2 Å². The number of hydrogen-bond donors (Lipinski definition) is 0. The lowest BCUT2D eigenvalue weighted by molar-refractivity contribution is -0.0254. The summed E-state index contributed by atoms with van der Waals surface area (Å²) >= 11 is 0. The number of ether oxygens (including phenoxy) is 9. The molecule has 1 aromatic carbocycles. The number of benzene rings is 1. The van der Waals surface area contributed by atoms with E-state index in [1.165, 1.54) is 0 Å². The molecule has 0 atom stereocenters. The molecule has 1 aromatic rings. The summed E-state index contributed by atoms with van der Waals surface area (Å²) < 4.78 is 49.5. The zero-order valence-electron chi connectivity index (χ0n) is 27.6. The van der Waals surface area contributed by atoms with E-state index in [0.717, 1.165) is 31.4 Å². The second kappa shape index (κ2) is 31.3. The highest BCUT2D eigenvalue weighted by Crippen LogP contribution is 2.17.